The van der Waals surface area contributed by atoms with Gasteiger partial charge in [-0.15, -0.1) is 0 Å². The van der Waals surface area contributed by atoms with Gasteiger partial charge in [0.15, 0.2) is 0 Å². The van der Waals surface area contributed by atoms with E-state index < -0.39 is 17.7 Å². The Morgan fingerprint density at radius 1 is 0.977 bits per heavy atom. The summed E-state index contributed by atoms with van der Waals surface area (Å²) in [5, 5.41) is 9.43. The van der Waals surface area contributed by atoms with Crippen LogP contribution in [-0.4, -0.2) is 72.1 Å². The van der Waals surface area contributed by atoms with Crippen LogP contribution in [0.5, 0.6) is 5.75 Å². The Balaban J connectivity index is 1.37. The van der Waals surface area contributed by atoms with E-state index in [0.29, 0.717) is 38.1 Å². The molecule has 4 N–H and O–H groups in total. The number of fused-ring (bicyclic) bond motifs is 1. The van der Waals surface area contributed by atoms with Crippen LogP contribution in [0.4, 0.5) is 4.79 Å². The third kappa shape index (κ3) is 8.73. The van der Waals surface area contributed by atoms with Crippen molar-refractivity contribution in [3.8, 4) is 5.75 Å². The van der Waals surface area contributed by atoms with E-state index in [0.717, 1.165) is 22.0 Å². The molecular weight excluding hydrogens is 550 g/mol. The number of alkyl carbamates (subject to hydrolysis) is 1. The van der Waals surface area contributed by atoms with Crippen molar-refractivity contribution in [3.63, 3.8) is 0 Å². The lowest BCUT2D eigenvalue weighted by molar-refractivity contribution is -0.136. The summed E-state index contributed by atoms with van der Waals surface area (Å²) in [7, 11) is 1.58. The number of carbonyl (C=O) groups is 4. The highest BCUT2D eigenvalue weighted by Gasteiger charge is 2.31. The van der Waals surface area contributed by atoms with Crippen LogP contribution in [0.3, 0.4) is 0 Å². The number of ether oxygens (including phenoxy) is 2. The van der Waals surface area contributed by atoms with Crippen molar-refractivity contribution in [3.05, 3.63) is 65.9 Å². The van der Waals surface area contributed by atoms with Crippen molar-refractivity contribution >= 4 is 34.7 Å². The number of hydrogen-bond acceptors (Lipinski definition) is 6. The molecular formula is C32H41N5O6. The molecule has 43 heavy (non-hydrogen) atoms. The van der Waals surface area contributed by atoms with Crippen molar-refractivity contribution in [1.82, 2.24) is 25.8 Å². The zero-order chi connectivity index (χ0) is 31.0. The molecule has 1 unspecified atom stereocenters. The number of nitrogens with zero attached hydrogens (tertiary/aromatic N) is 1. The number of piperidine rings is 1. The van der Waals surface area contributed by atoms with E-state index in [-0.39, 0.29) is 36.7 Å². The molecule has 11 heteroatoms. The second kappa shape index (κ2) is 14.1. The Hall–Kier alpha value is -4.54. The van der Waals surface area contributed by atoms with E-state index >= 15 is 0 Å². The van der Waals surface area contributed by atoms with Gasteiger partial charge in [-0.25, -0.2) is 4.79 Å². The molecule has 230 valence electrons. The molecule has 0 saturated carbocycles. The van der Waals surface area contributed by atoms with Crippen LogP contribution in [0, 0.1) is 5.92 Å². The number of likely N-dealkylation sites (tertiary alicyclic amines) is 1. The summed E-state index contributed by atoms with van der Waals surface area (Å²) in [6.45, 7) is 6.07. The van der Waals surface area contributed by atoms with Gasteiger partial charge in [0.05, 0.1) is 7.11 Å². The van der Waals surface area contributed by atoms with Crippen molar-refractivity contribution in [2.24, 2.45) is 5.92 Å². The van der Waals surface area contributed by atoms with Crippen LogP contribution in [0.2, 0.25) is 0 Å². The zero-order valence-electron chi connectivity index (χ0n) is 25.2. The first-order valence-corrected chi connectivity index (χ1v) is 14.5. The average Bonchev–Trinajstić information content (AvgIpc) is 3.40. The Labute approximate surface area is 251 Å². The summed E-state index contributed by atoms with van der Waals surface area (Å²) in [5.41, 5.74) is 2.05. The molecule has 3 aromatic rings. The predicted octanol–water partition coefficient (Wildman–Crippen LogP) is 3.28. The highest BCUT2D eigenvalue weighted by Crippen LogP contribution is 2.22. The molecule has 0 radical (unpaired) electrons. The molecule has 4 amide bonds. The number of hydrogen-bond donors (Lipinski definition) is 4. The fourth-order valence-electron chi connectivity index (χ4n) is 5.14. The van der Waals surface area contributed by atoms with Crippen molar-refractivity contribution in [2.75, 3.05) is 26.7 Å². The first-order chi connectivity index (χ1) is 20.5. The number of carbonyl (C=O) groups excluding carboxylic acids is 4. The number of H-pyrrole nitrogens is 1. The van der Waals surface area contributed by atoms with Gasteiger partial charge in [-0.05, 0) is 51.3 Å². The number of benzene rings is 2. The van der Waals surface area contributed by atoms with Crippen molar-refractivity contribution in [2.45, 2.75) is 58.2 Å². The summed E-state index contributed by atoms with van der Waals surface area (Å²) >= 11 is 0. The maximum absolute atomic E-state index is 13.5. The van der Waals surface area contributed by atoms with Crippen LogP contribution >= 0.6 is 0 Å². The van der Waals surface area contributed by atoms with E-state index in [1.165, 1.54) is 0 Å². The highest BCUT2D eigenvalue weighted by molar-refractivity contribution is 5.90. The highest BCUT2D eigenvalue weighted by atomic mass is 16.6. The molecule has 4 rings (SSSR count). The molecule has 2 heterocycles. The average molecular weight is 592 g/mol. The second-order valence-corrected chi connectivity index (χ2v) is 11.7. The lowest BCUT2D eigenvalue weighted by Gasteiger charge is -2.32. The van der Waals surface area contributed by atoms with Gasteiger partial charge in [0, 0.05) is 54.6 Å². The Morgan fingerprint density at radius 2 is 1.67 bits per heavy atom. The molecule has 1 aliphatic heterocycles. The van der Waals surface area contributed by atoms with Crippen LogP contribution < -0.4 is 20.7 Å². The summed E-state index contributed by atoms with van der Waals surface area (Å²) in [4.78, 5) is 56.3. The molecule has 11 nitrogen and oxygen atoms in total. The van der Waals surface area contributed by atoms with Gasteiger partial charge in [0.1, 0.15) is 23.9 Å². The van der Waals surface area contributed by atoms with Gasteiger partial charge in [-0.3, -0.25) is 14.4 Å². The van der Waals surface area contributed by atoms with E-state index in [4.69, 9.17) is 9.47 Å². The van der Waals surface area contributed by atoms with Gasteiger partial charge in [-0.2, -0.15) is 0 Å². The largest absolute Gasteiger partial charge is 0.496 e. The Kier molecular flexibility index (Phi) is 10.3. The number of aromatic nitrogens is 1. The number of aromatic amines is 1. The second-order valence-electron chi connectivity index (χ2n) is 11.7. The van der Waals surface area contributed by atoms with Crippen LogP contribution in [0.15, 0.2) is 54.7 Å². The molecule has 1 aromatic heterocycles. The van der Waals surface area contributed by atoms with E-state index in [9.17, 15) is 19.2 Å². The monoisotopic (exact) mass is 591 g/mol. The standard InChI is InChI=1S/C32H41N5O6/c1-32(2,3)43-31(41)35-20-28(38)37-15-13-21(14-16-37)29(39)36-26(17-23-19-33-25-11-7-6-10-24(23)25)30(40)34-18-22-9-5-8-12-27(22)42-4/h5-12,19,21,26,33H,13-18,20H2,1-4H3,(H,34,40)(H,35,41)(H,36,39). The van der Waals surface area contributed by atoms with Crippen LogP contribution in [-0.2, 0) is 32.1 Å². The number of rotatable bonds is 10. The van der Waals surface area contributed by atoms with Crippen molar-refractivity contribution in [1.29, 1.82) is 0 Å². The number of para-hydroxylation sites is 2. The normalized spacial score (nSPS) is 14.6. The number of amides is 4. The van der Waals surface area contributed by atoms with Crippen LogP contribution in [0.25, 0.3) is 10.9 Å². The van der Waals surface area contributed by atoms with E-state index in [1.807, 2.05) is 54.7 Å². The molecule has 2 aromatic carbocycles. The Morgan fingerprint density at radius 3 is 2.40 bits per heavy atom. The van der Waals surface area contributed by atoms with Crippen molar-refractivity contribution < 1.29 is 28.7 Å². The first-order valence-electron chi connectivity index (χ1n) is 14.5. The van der Waals surface area contributed by atoms with Gasteiger partial charge < -0.3 is 35.3 Å². The molecule has 0 spiro atoms. The molecule has 1 fully saturated rings. The summed E-state index contributed by atoms with van der Waals surface area (Å²) in [6.07, 6.45) is 2.42. The van der Waals surface area contributed by atoms with Crippen LogP contribution in [0.1, 0.15) is 44.7 Å². The SMILES string of the molecule is COc1ccccc1CNC(=O)C(Cc1c[nH]c2ccccc12)NC(=O)C1CCN(C(=O)CNC(=O)OC(C)(C)C)CC1. The van der Waals surface area contributed by atoms with Gasteiger partial charge >= 0.3 is 6.09 Å². The lowest BCUT2D eigenvalue weighted by atomic mass is 9.94. The number of nitrogens with one attached hydrogen (secondary N) is 4. The minimum Gasteiger partial charge on any atom is -0.496 e. The van der Waals surface area contributed by atoms with Gasteiger partial charge in [-0.1, -0.05) is 36.4 Å². The zero-order valence-corrected chi connectivity index (χ0v) is 25.2. The molecule has 0 bridgehead atoms. The number of methoxy groups -OCH3 is 1. The van der Waals surface area contributed by atoms with E-state index in [2.05, 4.69) is 20.9 Å². The molecule has 1 atom stereocenters. The van der Waals surface area contributed by atoms with Gasteiger partial charge in [0.25, 0.3) is 0 Å². The smallest absolute Gasteiger partial charge is 0.408 e. The quantitative estimate of drug-likeness (QED) is 0.285. The minimum absolute atomic E-state index is 0.176. The fraction of sp³-hybridized carbons (Fsp3) is 0.438. The summed E-state index contributed by atoms with van der Waals surface area (Å²) in [6, 6.07) is 14.5. The summed E-state index contributed by atoms with van der Waals surface area (Å²) in [5.74, 6) is -0.447. The fourth-order valence-corrected chi connectivity index (χ4v) is 5.14. The predicted molar refractivity (Wildman–Crippen MR) is 162 cm³/mol. The third-order valence-corrected chi connectivity index (χ3v) is 7.38. The van der Waals surface area contributed by atoms with E-state index in [1.54, 1.807) is 32.8 Å². The maximum Gasteiger partial charge on any atom is 0.408 e. The first kappa shape index (κ1) is 31.4. The summed E-state index contributed by atoms with van der Waals surface area (Å²) < 4.78 is 10.6. The molecule has 1 saturated heterocycles. The van der Waals surface area contributed by atoms with Gasteiger partial charge in [0.2, 0.25) is 17.7 Å². The topological polar surface area (TPSA) is 142 Å². The Bertz CT molecular complexity index is 1440. The maximum atomic E-state index is 13.5. The molecule has 0 aliphatic carbocycles. The minimum atomic E-state index is -0.806. The molecule has 1 aliphatic rings. The lowest BCUT2D eigenvalue weighted by Crippen LogP contribution is -2.51. The third-order valence-electron chi connectivity index (χ3n) is 7.38.